The Kier molecular flexibility index (Phi) is 6.16. The van der Waals surface area contributed by atoms with Crippen LogP contribution in [0.2, 0.25) is 5.02 Å². The van der Waals surface area contributed by atoms with Gasteiger partial charge in [0.1, 0.15) is 0 Å². The van der Waals surface area contributed by atoms with Gasteiger partial charge in [-0.2, -0.15) is 13.2 Å². The molecule has 0 aliphatic carbocycles. The van der Waals surface area contributed by atoms with Gasteiger partial charge in [0.15, 0.2) is 0 Å². The highest BCUT2D eigenvalue weighted by Gasteiger charge is 2.30. The third kappa shape index (κ3) is 5.07. The number of hydrogen-bond donors (Lipinski definition) is 0. The maximum Gasteiger partial charge on any atom is 0.417 e. The average Bonchev–Trinajstić information content (AvgIpc) is 2.66. The quantitative estimate of drug-likeness (QED) is 0.701. The number of carbonyl (C=O) groups excluding carboxylic acids is 1. The molecule has 27 heavy (non-hydrogen) atoms. The van der Waals surface area contributed by atoms with Gasteiger partial charge in [-0.1, -0.05) is 35.5 Å². The smallest absolute Gasteiger partial charge is 0.367 e. The van der Waals surface area contributed by atoms with Crippen molar-refractivity contribution in [3.05, 3.63) is 53.2 Å². The van der Waals surface area contributed by atoms with E-state index >= 15 is 0 Å². The van der Waals surface area contributed by atoms with Crippen molar-refractivity contribution in [1.29, 1.82) is 0 Å². The lowest BCUT2D eigenvalue weighted by molar-refractivity contribution is -0.138. The molecule has 3 rings (SSSR count). The largest absolute Gasteiger partial charge is 0.417 e. The van der Waals surface area contributed by atoms with Crippen LogP contribution >= 0.6 is 23.4 Å². The first kappa shape index (κ1) is 19.8. The van der Waals surface area contributed by atoms with Crippen LogP contribution in [0.15, 0.2) is 47.6 Å². The normalized spacial score (nSPS) is 15.1. The van der Waals surface area contributed by atoms with E-state index in [1.165, 1.54) is 6.07 Å². The Labute approximate surface area is 164 Å². The fourth-order valence-corrected chi connectivity index (χ4v) is 3.77. The van der Waals surface area contributed by atoms with Gasteiger partial charge in [-0.15, -0.1) is 0 Å². The monoisotopic (exact) mass is 415 g/mol. The van der Waals surface area contributed by atoms with Crippen molar-refractivity contribution in [3.8, 4) is 0 Å². The zero-order valence-electron chi connectivity index (χ0n) is 14.2. The minimum absolute atomic E-state index is 0.0551. The zero-order valence-corrected chi connectivity index (χ0v) is 15.8. The summed E-state index contributed by atoms with van der Waals surface area (Å²) in [5.41, 5.74) is 0.156. The van der Waals surface area contributed by atoms with E-state index in [0.717, 1.165) is 29.7 Å². The van der Waals surface area contributed by atoms with Crippen LogP contribution in [0, 0.1) is 0 Å². The molecule has 0 N–H and O–H groups in total. The number of nitrogens with zero attached hydrogens (tertiary/aromatic N) is 3. The van der Waals surface area contributed by atoms with Crippen LogP contribution in [0.1, 0.15) is 5.56 Å². The number of pyridine rings is 1. The molecule has 1 aliphatic heterocycles. The van der Waals surface area contributed by atoms with E-state index in [4.69, 9.17) is 11.6 Å². The van der Waals surface area contributed by atoms with Crippen molar-refractivity contribution in [2.75, 3.05) is 36.8 Å². The number of rotatable bonds is 4. The Morgan fingerprint density at radius 2 is 1.81 bits per heavy atom. The van der Waals surface area contributed by atoms with E-state index in [1.54, 1.807) is 4.90 Å². The standard InChI is InChI=1S/C18H17ClF3N3OS/c19-14-3-1-2-4-15(14)24-7-9-25(10-8-24)17(26)12-27-16-6-5-13(11-23-16)18(20,21)22/h1-6,11H,7-10,12H2. The summed E-state index contributed by atoms with van der Waals surface area (Å²) in [7, 11) is 0. The Balaban J connectivity index is 1.49. The molecular weight excluding hydrogens is 399 g/mol. The number of para-hydroxylation sites is 1. The maximum absolute atomic E-state index is 12.5. The van der Waals surface area contributed by atoms with Crippen molar-refractivity contribution in [3.63, 3.8) is 0 Å². The van der Waals surface area contributed by atoms with Gasteiger partial charge in [-0.25, -0.2) is 4.98 Å². The third-order valence-electron chi connectivity index (χ3n) is 4.23. The predicted octanol–water partition coefficient (Wildman–Crippen LogP) is 4.19. The molecule has 0 bridgehead atoms. The first-order valence-corrected chi connectivity index (χ1v) is 9.64. The van der Waals surface area contributed by atoms with E-state index in [1.807, 2.05) is 24.3 Å². The highest BCUT2D eigenvalue weighted by Crippen LogP contribution is 2.30. The summed E-state index contributed by atoms with van der Waals surface area (Å²) in [6.07, 6.45) is -3.62. The molecule has 1 fully saturated rings. The lowest BCUT2D eigenvalue weighted by Gasteiger charge is -2.36. The molecule has 0 saturated carbocycles. The second-order valence-corrected chi connectivity index (χ2v) is 7.39. The molecule has 1 aromatic carbocycles. The number of amides is 1. The number of anilines is 1. The molecule has 2 heterocycles. The molecular formula is C18H17ClF3N3OS. The van der Waals surface area contributed by atoms with Crippen molar-refractivity contribution >= 4 is 35.0 Å². The van der Waals surface area contributed by atoms with Crippen molar-refractivity contribution in [2.45, 2.75) is 11.2 Å². The SMILES string of the molecule is O=C(CSc1ccc(C(F)(F)F)cn1)N1CCN(c2ccccc2Cl)CC1. The van der Waals surface area contributed by atoms with Gasteiger partial charge in [-0.05, 0) is 24.3 Å². The molecule has 0 radical (unpaired) electrons. The number of alkyl halides is 3. The zero-order chi connectivity index (χ0) is 19.4. The predicted molar refractivity (Wildman–Crippen MR) is 100 cm³/mol. The molecule has 0 spiro atoms. The fourth-order valence-electron chi connectivity index (χ4n) is 2.77. The highest BCUT2D eigenvalue weighted by molar-refractivity contribution is 7.99. The third-order valence-corrected chi connectivity index (χ3v) is 5.48. The van der Waals surface area contributed by atoms with Crippen molar-refractivity contribution in [1.82, 2.24) is 9.88 Å². The number of halogens is 4. The van der Waals surface area contributed by atoms with Crippen molar-refractivity contribution < 1.29 is 18.0 Å². The summed E-state index contributed by atoms with van der Waals surface area (Å²) in [6.45, 7) is 2.51. The minimum atomic E-state index is -4.41. The maximum atomic E-state index is 12.5. The Morgan fingerprint density at radius 1 is 1.11 bits per heavy atom. The van der Waals surface area contributed by atoms with Crippen LogP contribution in [-0.4, -0.2) is 47.7 Å². The summed E-state index contributed by atoms with van der Waals surface area (Å²) in [4.78, 5) is 20.0. The fraction of sp³-hybridized carbons (Fsp3) is 0.333. The molecule has 144 valence electrons. The second kappa shape index (κ2) is 8.39. The molecule has 0 unspecified atom stereocenters. The van der Waals surface area contributed by atoms with Crippen LogP contribution in [-0.2, 0) is 11.0 Å². The molecule has 9 heteroatoms. The summed E-state index contributed by atoms with van der Waals surface area (Å²) in [5, 5.41) is 1.08. The van der Waals surface area contributed by atoms with Gasteiger partial charge in [0.05, 0.1) is 27.1 Å². The van der Waals surface area contributed by atoms with Crippen molar-refractivity contribution in [2.24, 2.45) is 0 Å². The molecule has 2 aromatic rings. The van der Waals surface area contributed by atoms with Gasteiger partial charge in [-0.3, -0.25) is 4.79 Å². The van der Waals surface area contributed by atoms with E-state index in [0.29, 0.717) is 36.2 Å². The minimum Gasteiger partial charge on any atom is -0.367 e. The summed E-state index contributed by atoms with van der Waals surface area (Å²) >= 11 is 7.35. The van der Waals surface area contributed by atoms with E-state index < -0.39 is 11.7 Å². The number of benzene rings is 1. The highest BCUT2D eigenvalue weighted by atomic mass is 35.5. The van der Waals surface area contributed by atoms with Crippen LogP contribution in [0.3, 0.4) is 0 Å². The number of hydrogen-bond acceptors (Lipinski definition) is 4. The molecule has 0 atom stereocenters. The lowest BCUT2D eigenvalue weighted by atomic mass is 10.2. The van der Waals surface area contributed by atoms with E-state index in [2.05, 4.69) is 9.88 Å². The average molecular weight is 416 g/mol. The first-order chi connectivity index (χ1) is 12.8. The van der Waals surface area contributed by atoms with Gasteiger partial charge >= 0.3 is 6.18 Å². The molecule has 1 aliphatic rings. The summed E-state index contributed by atoms with van der Waals surface area (Å²) in [5.74, 6) is 0.0882. The van der Waals surface area contributed by atoms with E-state index in [9.17, 15) is 18.0 Å². The number of piperazine rings is 1. The lowest BCUT2D eigenvalue weighted by Crippen LogP contribution is -2.49. The summed E-state index contributed by atoms with van der Waals surface area (Å²) in [6, 6.07) is 9.84. The first-order valence-electron chi connectivity index (χ1n) is 8.28. The number of aromatic nitrogens is 1. The number of carbonyl (C=O) groups is 1. The molecule has 1 saturated heterocycles. The van der Waals surface area contributed by atoms with Crippen LogP contribution in [0.5, 0.6) is 0 Å². The van der Waals surface area contributed by atoms with Gasteiger partial charge in [0.25, 0.3) is 0 Å². The molecule has 4 nitrogen and oxygen atoms in total. The van der Waals surface area contributed by atoms with Crippen LogP contribution in [0.25, 0.3) is 0 Å². The Bertz CT molecular complexity index is 793. The number of thioether (sulfide) groups is 1. The summed E-state index contributed by atoms with van der Waals surface area (Å²) < 4.78 is 37.6. The van der Waals surface area contributed by atoms with E-state index in [-0.39, 0.29) is 11.7 Å². The van der Waals surface area contributed by atoms with Crippen LogP contribution in [0.4, 0.5) is 18.9 Å². The molecule has 1 amide bonds. The second-order valence-electron chi connectivity index (χ2n) is 5.99. The van der Waals surface area contributed by atoms with Gasteiger partial charge in [0, 0.05) is 32.4 Å². The van der Waals surface area contributed by atoms with Gasteiger partial charge < -0.3 is 9.80 Å². The Hall–Kier alpha value is -1.93. The molecule has 1 aromatic heterocycles. The van der Waals surface area contributed by atoms with Gasteiger partial charge in [0.2, 0.25) is 5.91 Å². The topological polar surface area (TPSA) is 36.4 Å². The Morgan fingerprint density at radius 3 is 2.41 bits per heavy atom. The van der Waals surface area contributed by atoms with Crippen LogP contribution < -0.4 is 4.90 Å².